The fraction of sp³-hybridized carbons (Fsp3) is 0.562. The number of nitrogens with zero attached hydrogens (tertiary/aromatic N) is 4. The maximum absolute atomic E-state index is 12.0. The Bertz CT molecular complexity index is 682. The first kappa shape index (κ1) is 16.7. The van der Waals surface area contributed by atoms with Crippen LogP contribution in [0.1, 0.15) is 37.8 Å². The van der Waals surface area contributed by atoms with Crippen molar-refractivity contribution < 1.29 is 14.3 Å². The van der Waals surface area contributed by atoms with Gasteiger partial charge < -0.3 is 14.8 Å². The van der Waals surface area contributed by atoms with Gasteiger partial charge in [0.25, 0.3) is 0 Å². The van der Waals surface area contributed by atoms with Crippen LogP contribution in [0.5, 0.6) is 0 Å². The molecule has 1 aliphatic rings. The molecule has 2 aromatic heterocycles. The molecular weight excluding hydrogens is 310 g/mol. The minimum absolute atomic E-state index is 0.0958. The SMILES string of the molecule is CC(C)n1cc([C@]2(O)CCN(CC(=O)NCc3ccco3)C2)nn1. The van der Waals surface area contributed by atoms with Crippen LogP contribution < -0.4 is 5.32 Å². The first-order chi connectivity index (χ1) is 11.5. The second-order valence-electron chi connectivity index (χ2n) is 6.53. The summed E-state index contributed by atoms with van der Waals surface area (Å²) in [4.78, 5) is 13.9. The molecule has 24 heavy (non-hydrogen) atoms. The van der Waals surface area contributed by atoms with Crippen LogP contribution in [-0.2, 0) is 16.9 Å². The molecule has 8 heteroatoms. The maximum Gasteiger partial charge on any atom is 0.234 e. The van der Waals surface area contributed by atoms with E-state index in [9.17, 15) is 9.90 Å². The second kappa shape index (κ2) is 6.74. The zero-order valence-corrected chi connectivity index (χ0v) is 14.0. The molecule has 3 heterocycles. The largest absolute Gasteiger partial charge is 0.467 e. The highest BCUT2D eigenvalue weighted by Gasteiger charge is 2.40. The monoisotopic (exact) mass is 333 g/mol. The molecule has 130 valence electrons. The number of furan rings is 1. The average molecular weight is 333 g/mol. The predicted octanol–water partition coefficient (Wildman–Crippen LogP) is 0.662. The molecule has 3 rings (SSSR count). The number of hydrogen-bond donors (Lipinski definition) is 2. The van der Waals surface area contributed by atoms with Crippen LogP contribution in [0, 0.1) is 0 Å². The van der Waals surface area contributed by atoms with Crippen molar-refractivity contribution in [3.63, 3.8) is 0 Å². The molecular formula is C16H23N5O3. The predicted molar refractivity (Wildman–Crippen MR) is 85.9 cm³/mol. The van der Waals surface area contributed by atoms with E-state index in [2.05, 4.69) is 15.6 Å². The van der Waals surface area contributed by atoms with Crippen molar-refractivity contribution in [3.05, 3.63) is 36.0 Å². The van der Waals surface area contributed by atoms with E-state index in [1.807, 2.05) is 24.8 Å². The van der Waals surface area contributed by atoms with Gasteiger partial charge in [-0.25, -0.2) is 4.68 Å². The van der Waals surface area contributed by atoms with E-state index >= 15 is 0 Å². The molecule has 0 saturated carbocycles. The average Bonchev–Trinajstić information content (AvgIpc) is 3.26. The van der Waals surface area contributed by atoms with Gasteiger partial charge in [-0.1, -0.05) is 5.21 Å². The summed E-state index contributed by atoms with van der Waals surface area (Å²) in [6, 6.07) is 3.79. The topological polar surface area (TPSA) is 96.4 Å². The van der Waals surface area contributed by atoms with Crippen LogP contribution >= 0.6 is 0 Å². The fourth-order valence-corrected chi connectivity index (χ4v) is 2.82. The summed E-state index contributed by atoms with van der Waals surface area (Å²) < 4.78 is 6.91. The van der Waals surface area contributed by atoms with Gasteiger partial charge in [-0.3, -0.25) is 9.69 Å². The number of hydrogen-bond acceptors (Lipinski definition) is 6. The van der Waals surface area contributed by atoms with Crippen molar-refractivity contribution in [2.24, 2.45) is 0 Å². The molecule has 1 saturated heterocycles. The molecule has 1 aliphatic heterocycles. The van der Waals surface area contributed by atoms with Crippen LogP contribution in [0.25, 0.3) is 0 Å². The van der Waals surface area contributed by atoms with Crippen molar-refractivity contribution in [3.8, 4) is 0 Å². The standard InChI is InChI=1S/C16H23N5O3/c1-12(2)21-9-14(18-19-21)16(23)5-6-20(11-16)10-15(22)17-8-13-4-3-7-24-13/h3-4,7,9,12,23H,5-6,8,10-11H2,1-2H3,(H,17,22)/t16-/m0/s1. The van der Waals surface area contributed by atoms with E-state index in [0.29, 0.717) is 37.5 Å². The molecule has 0 spiro atoms. The first-order valence-electron chi connectivity index (χ1n) is 8.12. The van der Waals surface area contributed by atoms with Crippen molar-refractivity contribution in [2.75, 3.05) is 19.6 Å². The number of carbonyl (C=O) groups excluding carboxylic acids is 1. The summed E-state index contributed by atoms with van der Waals surface area (Å²) >= 11 is 0. The summed E-state index contributed by atoms with van der Waals surface area (Å²) in [5.41, 5.74) is -0.483. The van der Waals surface area contributed by atoms with Gasteiger partial charge in [0.05, 0.1) is 25.5 Å². The lowest BCUT2D eigenvalue weighted by Gasteiger charge is -2.20. The Balaban J connectivity index is 1.53. The van der Waals surface area contributed by atoms with E-state index in [1.165, 1.54) is 0 Å². The van der Waals surface area contributed by atoms with Gasteiger partial charge in [0.1, 0.15) is 17.1 Å². The zero-order chi connectivity index (χ0) is 17.2. The number of aromatic nitrogens is 3. The molecule has 0 aromatic carbocycles. The summed E-state index contributed by atoms with van der Waals surface area (Å²) in [7, 11) is 0. The summed E-state index contributed by atoms with van der Waals surface area (Å²) in [5, 5.41) is 21.8. The number of amides is 1. The Morgan fingerprint density at radius 3 is 3.04 bits per heavy atom. The van der Waals surface area contributed by atoms with Crippen LogP contribution in [0.2, 0.25) is 0 Å². The number of β-amino-alcohol motifs (C(OH)–C–C–N with tert-alkyl or cyclic N) is 1. The van der Waals surface area contributed by atoms with Crippen molar-refractivity contribution in [1.29, 1.82) is 0 Å². The number of carbonyl (C=O) groups is 1. The lowest BCUT2D eigenvalue weighted by Crippen LogP contribution is -2.38. The third-order valence-electron chi connectivity index (χ3n) is 4.25. The summed E-state index contributed by atoms with van der Waals surface area (Å²) in [6.07, 6.45) is 3.90. The lowest BCUT2D eigenvalue weighted by atomic mass is 10.00. The number of nitrogens with one attached hydrogen (secondary N) is 1. The Morgan fingerprint density at radius 1 is 1.54 bits per heavy atom. The van der Waals surface area contributed by atoms with Crippen molar-refractivity contribution >= 4 is 5.91 Å². The minimum Gasteiger partial charge on any atom is -0.467 e. The van der Waals surface area contributed by atoms with Crippen molar-refractivity contribution in [2.45, 2.75) is 38.5 Å². The van der Waals surface area contributed by atoms with Crippen LogP contribution in [0.15, 0.2) is 29.0 Å². The van der Waals surface area contributed by atoms with E-state index < -0.39 is 5.60 Å². The van der Waals surface area contributed by atoms with E-state index in [0.717, 1.165) is 0 Å². The second-order valence-corrected chi connectivity index (χ2v) is 6.53. The lowest BCUT2D eigenvalue weighted by molar-refractivity contribution is -0.122. The first-order valence-corrected chi connectivity index (χ1v) is 8.12. The molecule has 0 aliphatic carbocycles. The van der Waals surface area contributed by atoms with Gasteiger partial charge in [0, 0.05) is 19.1 Å². The summed E-state index contributed by atoms with van der Waals surface area (Å²) in [6.45, 7) is 5.63. The molecule has 1 amide bonds. The Labute approximate surface area is 140 Å². The van der Waals surface area contributed by atoms with Gasteiger partial charge in [0.2, 0.25) is 5.91 Å². The third kappa shape index (κ3) is 3.65. The van der Waals surface area contributed by atoms with Gasteiger partial charge >= 0.3 is 0 Å². The molecule has 2 N–H and O–H groups in total. The number of aliphatic hydroxyl groups is 1. The molecule has 1 fully saturated rings. The van der Waals surface area contributed by atoms with Gasteiger partial charge in [0.15, 0.2) is 0 Å². The molecule has 8 nitrogen and oxygen atoms in total. The smallest absolute Gasteiger partial charge is 0.234 e. The molecule has 0 unspecified atom stereocenters. The highest BCUT2D eigenvalue weighted by Crippen LogP contribution is 2.30. The fourth-order valence-electron chi connectivity index (χ4n) is 2.82. The van der Waals surface area contributed by atoms with Gasteiger partial charge in [-0.05, 0) is 32.4 Å². The van der Waals surface area contributed by atoms with Crippen LogP contribution in [0.4, 0.5) is 0 Å². The zero-order valence-electron chi connectivity index (χ0n) is 14.0. The van der Waals surface area contributed by atoms with E-state index in [4.69, 9.17) is 4.42 Å². The minimum atomic E-state index is -1.05. The van der Waals surface area contributed by atoms with E-state index in [-0.39, 0.29) is 18.5 Å². The van der Waals surface area contributed by atoms with Crippen LogP contribution in [-0.4, -0.2) is 50.5 Å². The molecule has 1 atom stereocenters. The highest BCUT2D eigenvalue weighted by atomic mass is 16.3. The normalized spacial score (nSPS) is 21.5. The molecule has 0 radical (unpaired) electrons. The maximum atomic E-state index is 12.0. The highest BCUT2D eigenvalue weighted by molar-refractivity contribution is 5.78. The van der Waals surface area contributed by atoms with Crippen molar-refractivity contribution in [1.82, 2.24) is 25.2 Å². The molecule has 2 aromatic rings. The number of likely N-dealkylation sites (tertiary alicyclic amines) is 1. The van der Waals surface area contributed by atoms with Gasteiger partial charge in [-0.2, -0.15) is 0 Å². The summed E-state index contributed by atoms with van der Waals surface area (Å²) in [5.74, 6) is 0.619. The van der Waals surface area contributed by atoms with Crippen LogP contribution in [0.3, 0.4) is 0 Å². The third-order valence-corrected chi connectivity index (χ3v) is 4.25. The van der Waals surface area contributed by atoms with E-state index in [1.54, 1.807) is 23.2 Å². The Morgan fingerprint density at radius 2 is 2.38 bits per heavy atom. The molecule has 0 bridgehead atoms. The van der Waals surface area contributed by atoms with Gasteiger partial charge in [-0.15, -0.1) is 5.10 Å². The Kier molecular flexibility index (Phi) is 4.68. The number of rotatable bonds is 6. The Hall–Kier alpha value is -2.19. The quantitative estimate of drug-likeness (QED) is 0.806.